The van der Waals surface area contributed by atoms with Crippen molar-refractivity contribution in [3.05, 3.63) is 48.2 Å². The van der Waals surface area contributed by atoms with E-state index in [1.54, 1.807) is 0 Å². The van der Waals surface area contributed by atoms with Gasteiger partial charge >= 0.3 is 6.18 Å². The highest BCUT2D eigenvalue weighted by molar-refractivity contribution is 5.37. The fourth-order valence-electron chi connectivity index (χ4n) is 1.32. The van der Waals surface area contributed by atoms with E-state index in [9.17, 15) is 13.2 Å². The van der Waals surface area contributed by atoms with Gasteiger partial charge in [0.05, 0.1) is 11.8 Å². The Labute approximate surface area is 101 Å². The Morgan fingerprint density at radius 1 is 1.06 bits per heavy atom. The lowest BCUT2D eigenvalue weighted by molar-refractivity contribution is -0.137. The number of nitrogens with two attached hydrogens (primary N) is 1. The van der Waals surface area contributed by atoms with E-state index < -0.39 is 11.7 Å². The normalized spacial score (nSPS) is 11.3. The van der Waals surface area contributed by atoms with Gasteiger partial charge in [0.1, 0.15) is 17.3 Å². The van der Waals surface area contributed by atoms with Gasteiger partial charge in [-0.3, -0.25) is 0 Å². The van der Waals surface area contributed by atoms with Gasteiger partial charge in [0.25, 0.3) is 0 Å². The fraction of sp³-hybridized carbons (Fsp3) is 0.0833. The maximum absolute atomic E-state index is 12.5. The Morgan fingerprint density at radius 2 is 1.83 bits per heavy atom. The van der Waals surface area contributed by atoms with Gasteiger partial charge in [0, 0.05) is 0 Å². The lowest BCUT2D eigenvalue weighted by Crippen LogP contribution is -2.04. The number of rotatable bonds is 2. The van der Waals surface area contributed by atoms with E-state index in [2.05, 4.69) is 4.98 Å². The average molecular weight is 254 g/mol. The summed E-state index contributed by atoms with van der Waals surface area (Å²) < 4.78 is 42.7. The second kappa shape index (κ2) is 4.56. The molecule has 0 aliphatic carbocycles. The third-order valence-corrected chi connectivity index (χ3v) is 2.16. The number of nitrogens with zero attached hydrogens (tertiary/aromatic N) is 1. The van der Waals surface area contributed by atoms with Crippen LogP contribution >= 0.6 is 0 Å². The Hall–Kier alpha value is -2.24. The van der Waals surface area contributed by atoms with E-state index in [1.807, 2.05) is 0 Å². The molecule has 0 radical (unpaired) electrons. The third-order valence-electron chi connectivity index (χ3n) is 2.16. The average Bonchev–Trinajstić information content (AvgIpc) is 2.31. The fourth-order valence-corrected chi connectivity index (χ4v) is 1.32. The number of pyridine rings is 1. The van der Waals surface area contributed by atoms with Crippen LogP contribution in [0.15, 0.2) is 42.6 Å². The molecule has 0 unspecified atom stereocenters. The Balaban J connectivity index is 2.22. The summed E-state index contributed by atoms with van der Waals surface area (Å²) in [7, 11) is 0. The van der Waals surface area contributed by atoms with Gasteiger partial charge in [0.15, 0.2) is 0 Å². The molecule has 0 aliphatic rings. The minimum atomic E-state index is -4.39. The number of ether oxygens (including phenoxy) is 1. The van der Waals surface area contributed by atoms with Crippen molar-refractivity contribution in [2.75, 3.05) is 5.73 Å². The van der Waals surface area contributed by atoms with Crippen molar-refractivity contribution < 1.29 is 17.9 Å². The molecule has 2 aromatic rings. The van der Waals surface area contributed by atoms with E-state index in [0.29, 0.717) is 11.6 Å². The van der Waals surface area contributed by atoms with Crippen LogP contribution in [0.1, 0.15) is 5.56 Å². The molecule has 2 rings (SSSR count). The number of alkyl halides is 3. The van der Waals surface area contributed by atoms with E-state index in [4.69, 9.17) is 10.5 Å². The first kappa shape index (κ1) is 12.2. The number of hydrogen-bond donors (Lipinski definition) is 1. The number of nitrogen functional groups attached to an aromatic ring is 1. The van der Waals surface area contributed by atoms with Crippen molar-refractivity contribution in [2.45, 2.75) is 6.18 Å². The molecular weight excluding hydrogens is 245 g/mol. The van der Waals surface area contributed by atoms with Crippen LogP contribution in [-0.2, 0) is 6.18 Å². The molecule has 0 aliphatic heterocycles. The molecule has 0 fully saturated rings. The molecule has 3 nitrogen and oxygen atoms in total. The standard InChI is InChI=1S/C12H9F3N2O/c13-12(14,15)8-2-1-3-9(6-8)18-10-4-5-11(16)17-7-10/h1-7H,(H2,16,17). The maximum atomic E-state index is 12.5. The molecule has 6 heteroatoms. The molecule has 0 spiro atoms. The summed E-state index contributed by atoms with van der Waals surface area (Å²) in [5.74, 6) is 0.728. The predicted molar refractivity (Wildman–Crippen MR) is 60.2 cm³/mol. The quantitative estimate of drug-likeness (QED) is 0.892. The molecule has 2 N–H and O–H groups in total. The molecule has 1 aromatic carbocycles. The van der Waals surface area contributed by atoms with Gasteiger partial charge in [-0.25, -0.2) is 4.98 Å². The third kappa shape index (κ3) is 2.91. The minimum Gasteiger partial charge on any atom is -0.456 e. The largest absolute Gasteiger partial charge is 0.456 e. The summed E-state index contributed by atoms with van der Waals surface area (Å²) in [6.07, 6.45) is -3.05. The molecule has 0 saturated carbocycles. The van der Waals surface area contributed by atoms with Crippen molar-refractivity contribution in [3.8, 4) is 11.5 Å². The summed E-state index contributed by atoms with van der Waals surface area (Å²) in [5.41, 5.74) is 4.63. The second-order valence-electron chi connectivity index (χ2n) is 3.55. The minimum absolute atomic E-state index is 0.0939. The van der Waals surface area contributed by atoms with Gasteiger partial charge in [0.2, 0.25) is 0 Å². The molecular formula is C12H9F3N2O. The van der Waals surface area contributed by atoms with Crippen molar-refractivity contribution in [1.82, 2.24) is 4.98 Å². The van der Waals surface area contributed by atoms with Crippen LogP contribution < -0.4 is 10.5 Å². The molecule has 0 amide bonds. The Bertz CT molecular complexity index is 538. The number of halogens is 3. The summed E-state index contributed by atoms with van der Waals surface area (Å²) in [5, 5.41) is 0. The van der Waals surface area contributed by atoms with E-state index >= 15 is 0 Å². The number of aromatic nitrogens is 1. The van der Waals surface area contributed by atoms with Crippen LogP contribution in [0.5, 0.6) is 11.5 Å². The summed E-state index contributed by atoms with van der Waals surface area (Å²) in [6.45, 7) is 0. The van der Waals surface area contributed by atoms with E-state index in [-0.39, 0.29) is 5.75 Å². The predicted octanol–water partition coefficient (Wildman–Crippen LogP) is 3.47. The smallest absolute Gasteiger partial charge is 0.416 e. The molecule has 1 heterocycles. The molecule has 1 aromatic heterocycles. The highest BCUT2D eigenvalue weighted by atomic mass is 19.4. The Morgan fingerprint density at radius 3 is 2.44 bits per heavy atom. The molecule has 18 heavy (non-hydrogen) atoms. The Kier molecular flexibility index (Phi) is 3.10. The zero-order chi connectivity index (χ0) is 13.2. The van der Waals surface area contributed by atoms with E-state index in [1.165, 1.54) is 30.5 Å². The highest BCUT2D eigenvalue weighted by Gasteiger charge is 2.30. The van der Waals surface area contributed by atoms with Crippen LogP contribution in [0.3, 0.4) is 0 Å². The van der Waals surface area contributed by atoms with Crippen LogP contribution in [0.25, 0.3) is 0 Å². The number of hydrogen-bond acceptors (Lipinski definition) is 3. The van der Waals surface area contributed by atoms with Crippen LogP contribution in [-0.4, -0.2) is 4.98 Å². The molecule has 0 saturated heterocycles. The first-order valence-corrected chi connectivity index (χ1v) is 5.02. The van der Waals surface area contributed by atoms with Gasteiger partial charge in [-0.2, -0.15) is 13.2 Å². The van der Waals surface area contributed by atoms with Gasteiger partial charge < -0.3 is 10.5 Å². The highest BCUT2D eigenvalue weighted by Crippen LogP contribution is 2.32. The lowest BCUT2D eigenvalue weighted by atomic mass is 10.2. The monoisotopic (exact) mass is 254 g/mol. The van der Waals surface area contributed by atoms with Gasteiger partial charge in [-0.05, 0) is 30.3 Å². The molecule has 0 atom stereocenters. The van der Waals surface area contributed by atoms with Gasteiger partial charge in [-0.15, -0.1) is 0 Å². The first-order chi connectivity index (χ1) is 8.45. The maximum Gasteiger partial charge on any atom is 0.416 e. The van der Waals surface area contributed by atoms with Crippen molar-refractivity contribution in [2.24, 2.45) is 0 Å². The summed E-state index contributed by atoms with van der Waals surface area (Å²) in [4.78, 5) is 3.78. The lowest BCUT2D eigenvalue weighted by Gasteiger charge is -2.09. The van der Waals surface area contributed by atoms with Crippen molar-refractivity contribution in [3.63, 3.8) is 0 Å². The van der Waals surface area contributed by atoms with Crippen LogP contribution in [0.4, 0.5) is 19.0 Å². The second-order valence-corrected chi connectivity index (χ2v) is 3.55. The topological polar surface area (TPSA) is 48.1 Å². The zero-order valence-corrected chi connectivity index (χ0v) is 9.11. The van der Waals surface area contributed by atoms with Crippen molar-refractivity contribution >= 4 is 5.82 Å². The molecule has 94 valence electrons. The molecule has 0 bridgehead atoms. The zero-order valence-electron chi connectivity index (χ0n) is 9.11. The van der Waals surface area contributed by atoms with Crippen LogP contribution in [0.2, 0.25) is 0 Å². The summed E-state index contributed by atoms with van der Waals surface area (Å²) in [6, 6.07) is 7.66. The van der Waals surface area contributed by atoms with Crippen molar-refractivity contribution in [1.29, 1.82) is 0 Å². The first-order valence-electron chi connectivity index (χ1n) is 5.02. The SMILES string of the molecule is Nc1ccc(Oc2cccc(C(F)(F)F)c2)cn1. The number of anilines is 1. The summed E-state index contributed by atoms with van der Waals surface area (Å²) >= 11 is 0. The van der Waals surface area contributed by atoms with Gasteiger partial charge in [-0.1, -0.05) is 6.07 Å². The van der Waals surface area contributed by atoms with E-state index in [0.717, 1.165) is 12.1 Å². The van der Waals surface area contributed by atoms with Crippen LogP contribution in [0, 0.1) is 0 Å². The number of benzene rings is 1.